The Morgan fingerprint density at radius 3 is 2.55 bits per heavy atom. The SMILES string of the molecule is C[C@H](OC(=O)c1cccnc1)C(=O)Nc1ccccc1. The number of carbonyl (C=O) groups is 2. The second kappa shape index (κ2) is 6.47. The highest BCUT2D eigenvalue weighted by Crippen LogP contribution is 2.08. The first-order valence-corrected chi connectivity index (χ1v) is 6.14. The number of anilines is 1. The topological polar surface area (TPSA) is 68.3 Å². The fourth-order valence-corrected chi connectivity index (χ4v) is 1.53. The molecule has 1 amide bonds. The molecule has 0 bridgehead atoms. The summed E-state index contributed by atoms with van der Waals surface area (Å²) in [4.78, 5) is 27.5. The summed E-state index contributed by atoms with van der Waals surface area (Å²) in [5.74, 6) is -0.956. The summed E-state index contributed by atoms with van der Waals surface area (Å²) in [6.07, 6.45) is 2.06. The summed E-state index contributed by atoms with van der Waals surface area (Å²) in [6, 6.07) is 12.2. The van der Waals surface area contributed by atoms with Crippen molar-refractivity contribution in [3.05, 3.63) is 60.4 Å². The molecule has 1 aromatic carbocycles. The van der Waals surface area contributed by atoms with Gasteiger partial charge < -0.3 is 10.1 Å². The Bertz CT molecular complexity index is 585. The first kappa shape index (κ1) is 13.7. The summed E-state index contributed by atoms with van der Waals surface area (Å²) in [5.41, 5.74) is 0.966. The van der Waals surface area contributed by atoms with E-state index in [2.05, 4.69) is 10.3 Å². The fourth-order valence-electron chi connectivity index (χ4n) is 1.53. The van der Waals surface area contributed by atoms with Gasteiger partial charge in [0.15, 0.2) is 6.10 Å². The highest BCUT2D eigenvalue weighted by molar-refractivity contribution is 5.97. The van der Waals surface area contributed by atoms with Crippen LogP contribution in [-0.4, -0.2) is 23.0 Å². The number of pyridine rings is 1. The van der Waals surface area contributed by atoms with Crippen molar-refractivity contribution in [1.29, 1.82) is 0 Å². The largest absolute Gasteiger partial charge is 0.449 e. The van der Waals surface area contributed by atoms with Crippen molar-refractivity contribution in [3.8, 4) is 0 Å². The van der Waals surface area contributed by atoms with Gasteiger partial charge in [-0.1, -0.05) is 18.2 Å². The standard InChI is InChI=1S/C15H14N2O3/c1-11(14(18)17-13-7-3-2-4-8-13)20-15(19)12-6-5-9-16-10-12/h2-11H,1H3,(H,17,18)/t11-/m0/s1. The van der Waals surface area contributed by atoms with E-state index < -0.39 is 12.1 Å². The van der Waals surface area contributed by atoms with Crippen LogP contribution >= 0.6 is 0 Å². The van der Waals surface area contributed by atoms with Crippen LogP contribution in [-0.2, 0) is 9.53 Å². The van der Waals surface area contributed by atoms with Crippen molar-refractivity contribution in [1.82, 2.24) is 4.98 Å². The number of benzene rings is 1. The second-order valence-corrected chi connectivity index (χ2v) is 4.14. The van der Waals surface area contributed by atoms with Gasteiger partial charge >= 0.3 is 5.97 Å². The van der Waals surface area contributed by atoms with Crippen LogP contribution in [0.1, 0.15) is 17.3 Å². The first-order chi connectivity index (χ1) is 9.66. The Kier molecular flexibility index (Phi) is 4.44. The third kappa shape index (κ3) is 3.65. The van der Waals surface area contributed by atoms with Gasteiger partial charge in [-0.15, -0.1) is 0 Å². The van der Waals surface area contributed by atoms with Gasteiger partial charge in [-0.3, -0.25) is 9.78 Å². The second-order valence-electron chi connectivity index (χ2n) is 4.14. The number of amides is 1. The van der Waals surface area contributed by atoms with Crippen LogP contribution in [0.5, 0.6) is 0 Å². The molecule has 1 N–H and O–H groups in total. The number of para-hydroxylation sites is 1. The lowest BCUT2D eigenvalue weighted by Gasteiger charge is -2.13. The number of nitrogens with zero attached hydrogens (tertiary/aromatic N) is 1. The van der Waals surface area contributed by atoms with E-state index in [1.54, 1.807) is 30.5 Å². The van der Waals surface area contributed by atoms with Crippen LogP contribution in [0.2, 0.25) is 0 Å². The lowest BCUT2D eigenvalue weighted by Crippen LogP contribution is -2.30. The number of esters is 1. The van der Waals surface area contributed by atoms with Crippen molar-refractivity contribution >= 4 is 17.6 Å². The molecule has 0 saturated carbocycles. The van der Waals surface area contributed by atoms with E-state index in [9.17, 15) is 9.59 Å². The van der Waals surface area contributed by atoms with E-state index in [0.717, 1.165) is 0 Å². The molecule has 0 unspecified atom stereocenters. The summed E-state index contributed by atoms with van der Waals surface area (Å²) < 4.78 is 5.08. The smallest absolute Gasteiger partial charge is 0.340 e. The van der Waals surface area contributed by atoms with Crippen LogP contribution in [0.25, 0.3) is 0 Å². The van der Waals surface area contributed by atoms with E-state index in [1.807, 2.05) is 18.2 Å². The van der Waals surface area contributed by atoms with E-state index in [4.69, 9.17) is 4.74 Å². The minimum Gasteiger partial charge on any atom is -0.449 e. The van der Waals surface area contributed by atoms with Crippen LogP contribution in [0.4, 0.5) is 5.69 Å². The fraction of sp³-hybridized carbons (Fsp3) is 0.133. The minimum atomic E-state index is -0.886. The number of hydrogen-bond donors (Lipinski definition) is 1. The molecule has 20 heavy (non-hydrogen) atoms. The number of nitrogens with one attached hydrogen (secondary N) is 1. The predicted octanol–water partition coefficient (Wildman–Crippen LogP) is 2.27. The van der Waals surface area contributed by atoms with Gasteiger partial charge in [0.2, 0.25) is 0 Å². The molecule has 0 aliphatic rings. The molecule has 1 aromatic heterocycles. The molecule has 5 nitrogen and oxygen atoms in total. The Balaban J connectivity index is 1.93. The molecule has 0 aliphatic carbocycles. The third-order valence-corrected chi connectivity index (χ3v) is 2.59. The molecule has 2 rings (SSSR count). The van der Waals surface area contributed by atoms with Crippen LogP contribution < -0.4 is 5.32 Å². The molecule has 0 aliphatic heterocycles. The average molecular weight is 270 g/mol. The quantitative estimate of drug-likeness (QED) is 0.865. The van der Waals surface area contributed by atoms with Crippen LogP contribution in [0, 0.1) is 0 Å². The summed E-state index contributed by atoms with van der Waals surface area (Å²) in [5, 5.41) is 2.67. The molecule has 0 spiro atoms. The van der Waals surface area contributed by atoms with Gasteiger partial charge in [-0.25, -0.2) is 4.79 Å². The highest BCUT2D eigenvalue weighted by Gasteiger charge is 2.18. The van der Waals surface area contributed by atoms with E-state index >= 15 is 0 Å². The third-order valence-electron chi connectivity index (χ3n) is 2.59. The summed E-state index contributed by atoms with van der Waals surface area (Å²) in [6.45, 7) is 1.52. The normalized spacial score (nSPS) is 11.4. The molecule has 0 radical (unpaired) electrons. The van der Waals surface area contributed by atoms with Crippen molar-refractivity contribution in [2.75, 3.05) is 5.32 Å². The number of rotatable bonds is 4. The molecule has 102 valence electrons. The highest BCUT2D eigenvalue weighted by atomic mass is 16.5. The predicted molar refractivity (Wildman–Crippen MR) is 74.2 cm³/mol. The zero-order chi connectivity index (χ0) is 14.4. The monoisotopic (exact) mass is 270 g/mol. The van der Waals surface area contributed by atoms with E-state index in [-0.39, 0.29) is 5.91 Å². The van der Waals surface area contributed by atoms with Crippen molar-refractivity contribution < 1.29 is 14.3 Å². The van der Waals surface area contributed by atoms with Gasteiger partial charge in [0, 0.05) is 18.1 Å². The number of ether oxygens (including phenoxy) is 1. The van der Waals surface area contributed by atoms with Crippen molar-refractivity contribution in [3.63, 3.8) is 0 Å². The van der Waals surface area contributed by atoms with E-state index in [0.29, 0.717) is 11.3 Å². The number of carbonyl (C=O) groups excluding carboxylic acids is 2. The number of hydrogen-bond acceptors (Lipinski definition) is 4. The zero-order valence-electron chi connectivity index (χ0n) is 10.9. The lowest BCUT2D eigenvalue weighted by molar-refractivity contribution is -0.123. The van der Waals surface area contributed by atoms with Gasteiger partial charge in [0.05, 0.1) is 5.56 Å². The van der Waals surface area contributed by atoms with Gasteiger partial charge in [-0.05, 0) is 31.2 Å². The Labute approximate surface area is 116 Å². The van der Waals surface area contributed by atoms with Crippen molar-refractivity contribution in [2.45, 2.75) is 13.0 Å². The average Bonchev–Trinajstić information content (AvgIpc) is 2.49. The molecule has 2 aromatic rings. The van der Waals surface area contributed by atoms with Gasteiger partial charge in [0.1, 0.15) is 0 Å². The maximum atomic E-state index is 11.9. The maximum absolute atomic E-state index is 11.9. The Hall–Kier alpha value is -2.69. The maximum Gasteiger partial charge on any atom is 0.340 e. The minimum absolute atomic E-state index is 0.312. The zero-order valence-corrected chi connectivity index (χ0v) is 10.9. The van der Waals surface area contributed by atoms with Crippen molar-refractivity contribution in [2.24, 2.45) is 0 Å². The molecule has 5 heteroatoms. The van der Waals surface area contributed by atoms with Crippen LogP contribution in [0.15, 0.2) is 54.9 Å². The van der Waals surface area contributed by atoms with Crippen LogP contribution in [0.3, 0.4) is 0 Å². The Morgan fingerprint density at radius 2 is 1.90 bits per heavy atom. The van der Waals surface area contributed by atoms with Gasteiger partial charge in [-0.2, -0.15) is 0 Å². The Morgan fingerprint density at radius 1 is 1.15 bits per heavy atom. The first-order valence-electron chi connectivity index (χ1n) is 6.14. The molecular formula is C15H14N2O3. The lowest BCUT2D eigenvalue weighted by atomic mass is 10.3. The number of aromatic nitrogens is 1. The van der Waals surface area contributed by atoms with Gasteiger partial charge in [0.25, 0.3) is 5.91 Å². The summed E-state index contributed by atoms with van der Waals surface area (Å²) in [7, 11) is 0. The molecule has 0 saturated heterocycles. The summed E-state index contributed by atoms with van der Waals surface area (Å²) >= 11 is 0. The van der Waals surface area contributed by atoms with E-state index in [1.165, 1.54) is 13.1 Å². The molecule has 1 heterocycles. The molecule has 1 atom stereocenters. The molecular weight excluding hydrogens is 256 g/mol. The molecule has 0 fully saturated rings.